The van der Waals surface area contributed by atoms with Crippen molar-refractivity contribution in [1.29, 1.82) is 0 Å². The number of carbonyl (C=O) groups is 1. The molecule has 10 heteroatoms. The fourth-order valence-electron chi connectivity index (χ4n) is 4.09. The van der Waals surface area contributed by atoms with Crippen molar-refractivity contribution in [2.24, 2.45) is 0 Å². The molecule has 35 heavy (non-hydrogen) atoms. The summed E-state index contributed by atoms with van der Waals surface area (Å²) in [7, 11) is -7.77. The van der Waals surface area contributed by atoms with Gasteiger partial charge in [-0.05, 0) is 86.3 Å². The van der Waals surface area contributed by atoms with Gasteiger partial charge in [-0.25, -0.2) is 16.8 Å². The number of benzene rings is 3. The van der Waals surface area contributed by atoms with Gasteiger partial charge in [0, 0.05) is 24.3 Å². The van der Waals surface area contributed by atoms with E-state index in [2.05, 4.69) is 9.44 Å². The molecule has 0 aromatic heterocycles. The molecule has 1 amide bonds. The van der Waals surface area contributed by atoms with E-state index in [1.165, 1.54) is 36.4 Å². The maximum absolute atomic E-state index is 12.9. The Bertz CT molecular complexity index is 1480. The van der Waals surface area contributed by atoms with E-state index in [4.69, 9.17) is 0 Å². The molecule has 1 fully saturated rings. The topological polar surface area (TPSA) is 113 Å². The van der Waals surface area contributed by atoms with Gasteiger partial charge in [0.05, 0.1) is 15.5 Å². The second-order valence-corrected chi connectivity index (χ2v) is 12.0. The quantitative estimate of drug-likeness (QED) is 0.488. The van der Waals surface area contributed by atoms with E-state index < -0.39 is 20.0 Å². The summed E-state index contributed by atoms with van der Waals surface area (Å²) in [6.07, 6.45) is 1.28. The van der Waals surface area contributed by atoms with Gasteiger partial charge in [-0.3, -0.25) is 14.2 Å². The fraction of sp³-hybridized carbons (Fsp3) is 0.240. The minimum absolute atomic E-state index is 0.0126. The molecule has 0 atom stereocenters. The molecule has 3 aromatic rings. The van der Waals surface area contributed by atoms with Gasteiger partial charge in [-0.2, -0.15) is 0 Å². The summed E-state index contributed by atoms with van der Waals surface area (Å²) < 4.78 is 56.6. The Morgan fingerprint density at radius 1 is 0.743 bits per heavy atom. The van der Waals surface area contributed by atoms with Gasteiger partial charge in [-0.1, -0.05) is 18.2 Å². The highest BCUT2D eigenvalue weighted by Crippen LogP contribution is 2.29. The van der Waals surface area contributed by atoms with Crippen LogP contribution >= 0.6 is 0 Å². The van der Waals surface area contributed by atoms with Crippen LogP contribution in [0.2, 0.25) is 0 Å². The highest BCUT2D eigenvalue weighted by atomic mass is 32.2. The lowest BCUT2D eigenvalue weighted by Gasteiger charge is -2.19. The zero-order valence-electron chi connectivity index (χ0n) is 19.7. The minimum Gasteiger partial charge on any atom is -0.312 e. The third-order valence-corrected chi connectivity index (χ3v) is 8.72. The molecule has 0 saturated carbocycles. The van der Waals surface area contributed by atoms with Crippen molar-refractivity contribution in [3.63, 3.8) is 0 Å². The second-order valence-electron chi connectivity index (χ2n) is 8.60. The van der Waals surface area contributed by atoms with Crippen LogP contribution in [0.1, 0.15) is 29.5 Å². The van der Waals surface area contributed by atoms with E-state index in [1.54, 1.807) is 17.9 Å². The van der Waals surface area contributed by atoms with Gasteiger partial charge < -0.3 is 4.90 Å². The Hall–Kier alpha value is -3.37. The predicted octanol–water partition coefficient (Wildman–Crippen LogP) is 4.34. The Kier molecular flexibility index (Phi) is 6.61. The summed E-state index contributed by atoms with van der Waals surface area (Å²) in [6, 6.07) is 15.6. The molecule has 8 nitrogen and oxygen atoms in total. The highest BCUT2D eigenvalue weighted by molar-refractivity contribution is 7.93. The van der Waals surface area contributed by atoms with Gasteiger partial charge in [0.15, 0.2) is 0 Å². The van der Waals surface area contributed by atoms with Crippen LogP contribution in [0, 0.1) is 20.8 Å². The van der Waals surface area contributed by atoms with Crippen LogP contribution < -0.4 is 14.3 Å². The summed E-state index contributed by atoms with van der Waals surface area (Å²) in [5.74, 6) is 0.0314. The van der Waals surface area contributed by atoms with Gasteiger partial charge in [0.2, 0.25) is 5.91 Å². The molecule has 0 aliphatic carbocycles. The summed E-state index contributed by atoms with van der Waals surface area (Å²) >= 11 is 0. The highest BCUT2D eigenvalue weighted by Gasteiger charge is 2.24. The summed E-state index contributed by atoms with van der Waals surface area (Å²) in [6.45, 7) is 6.03. The number of hydrogen-bond acceptors (Lipinski definition) is 5. The molecule has 3 aromatic carbocycles. The summed E-state index contributed by atoms with van der Waals surface area (Å²) in [5.41, 5.74) is 3.74. The van der Waals surface area contributed by atoms with Crippen LogP contribution in [0.5, 0.6) is 0 Å². The van der Waals surface area contributed by atoms with Crippen LogP contribution in [0.25, 0.3) is 0 Å². The number of rotatable bonds is 7. The first-order valence-electron chi connectivity index (χ1n) is 11.1. The number of anilines is 3. The van der Waals surface area contributed by atoms with Crippen molar-refractivity contribution in [2.45, 2.75) is 43.4 Å². The molecule has 0 bridgehead atoms. The Labute approximate surface area is 206 Å². The average molecular weight is 514 g/mol. The fourth-order valence-corrected chi connectivity index (χ4v) is 6.43. The van der Waals surface area contributed by atoms with E-state index in [-0.39, 0.29) is 21.4 Å². The Balaban J connectivity index is 1.52. The van der Waals surface area contributed by atoms with E-state index >= 15 is 0 Å². The van der Waals surface area contributed by atoms with Crippen LogP contribution in [0.4, 0.5) is 17.1 Å². The molecule has 4 rings (SSSR count). The number of nitrogens with zero attached hydrogens (tertiary/aromatic N) is 1. The lowest BCUT2D eigenvalue weighted by Crippen LogP contribution is -2.24. The SMILES string of the molecule is Cc1cc(S(=O)(=O)Nc2ccc(S(=O)(=O)Nc3c(C)cccc3C)cc2)ccc1N1CCCC1=O. The van der Waals surface area contributed by atoms with E-state index in [0.717, 1.165) is 17.5 Å². The van der Waals surface area contributed by atoms with Gasteiger partial charge >= 0.3 is 0 Å². The van der Waals surface area contributed by atoms with Crippen LogP contribution in [-0.4, -0.2) is 29.3 Å². The second kappa shape index (κ2) is 9.35. The number of amides is 1. The maximum atomic E-state index is 12.9. The molecule has 1 aliphatic heterocycles. The first-order valence-corrected chi connectivity index (χ1v) is 14.1. The molecule has 184 valence electrons. The third kappa shape index (κ3) is 5.18. The van der Waals surface area contributed by atoms with Crippen molar-refractivity contribution >= 4 is 43.0 Å². The number of hydrogen-bond donors (Lipinski definition) is 2. The molecule has 0 unspecified atom stereocenters. The predicted molar refractivity (Wildman–Crippen MR) is 137 cm³/mol. The molecule has 0 radical (unpaired) electrons. The van der Waals surface area contributed by atoms with E-state index in [1.807, 2.05) is 32.0 Å². The lowest BCUT2D eigenvalue weighted by atomic mass is 10.1. The Morgan fingerprint density at radius 2 is 1.34 bits per heavy atom. The van der Waals surface area contributed by atoms with E-state index in [0.29, 0.717) is 29.9 Å². The molecular formula is C25H27N3O5S2. The standard InChI is InChI=1S/C25H27N3O5S2/c1-17-6-4-7-18(2)25(17)27-34(30,31)21-11-9-20(10-12-21)26-35(32,33)22-13-14-23(19(3)16-22)28-15-5-8-24(28)29/h4,6-7,9-14,16,26-27H,5,8,15H2,1-3H3. The molecule has 1 heterocycles. The molecule has 1 aliphatic rings. The number of carbonyl (C=O) groups excluding carboxylic acids is 1. The van der Waals surface area contributed by atoms with E-state index in [9.17, 15) is 21.6 Å². The Morgan fingerprint density at radius 3 is 1.91 bits per heavy atom. The minimum atomic E-state index is -3.92. The molecule has 0 spiro atoms. The van der Waals surface area contributed by atoms with Gasteiger partial charge in [0.25, 0.3) is 20.0 Å². The number of aryl methyl sites for hydroxylation is 3. The zero-order chi connectivity index (χ0) is 25.4. The van der Waals surface area contributed by atoms with Crippen LogP contribution in [0.15, 0.2) is 70.5 Å². The van der Waals surface area contributed by atoms with Crippen molar-refractivity contribution < 1.29 is 21.6 Å². The number of para-hydroxylation sites is 1. The first-order chi connectivity index (χ1) is 16.5. The first kappa shape index (κ1) is 24.7. The number of nitrogens with one attached hydrogen (secondary N) is 2. The summed E-state index contributed by atoms with van der Waals surface area (Å²) in [5, 5.41) is 0. The summed E-state index contributed by atoms with van der Waals surface area (Å²) in [4.78, 5) is 13.8. The van der Waals surface area contributed by atoms with Crippen LogP contribution in [-0.2, 0) is 24.8 Å². The number of sulfonamides is 2. The monoisotopic (exact) mass is 513 g/mol. The van der Waals surface area contributed by atoms with Gasteiger partial charge in [0.1, 0.15) is 0 Å². The largest absolute Gasteiger partial charge is 0.312 e. The zero-order valence-corrected chi connectivity index (χ0v) is 21.3. The average Bonchev–Trinajstić information content (AvgIpc) is 3.22. The molecular weight excluding hydrogens is 486 g/mol. The molecule has 1 saturated heterocycles. The molecule has 2 N–H and O–H groups in total. The van der Waals surface area contributed by atoms with Crippen molar-refractivity contribution in [3.05, 3.63) is 77.4 Å². The normalized spacial score (nSPS) is 14.3. The smallest absolute Gasteiger partial charge is 0.261 e. The lowest BCUT2D eigenvalue weighted by molar-refractivity contribution is -0.117. The van der Waals surface area contributed by atoms with Crippen molar-refractivity contribution in [2.75, 3.05) is 20.9 Å². The van der Waals surface area contributed by atoms with Crippen LogP contribution in [0.3, 0.4) is 0 Å². The van der Waals surface area contributed by atoms with Gasteiger partial charge in [-0.15, -0.1) is 0 Å². The third-order valence-electron chi connectivity index (χ3n) is 5.98. The van der Waals surface area contributed by atoms with Crippen molar-refractivity contribution in [1.82, 2.24) is 0 Å². The maximum Gasteiger partial charge on any atom is 0.261 e. The van der Waals surface area contributed by atoms with Crippen molar-refractivity contribution in [3.8, 4) is 0 Å².